The summed E-state index contributed by atoms with van der Waals surface area (Å²) in [6.45, 7) is 2.10. The monoisotopic (exact) mass is 444 g/mol. The quantitative estimate of drug-likeness (QED) is 0.277. The first-order valence-corrected chi connectivity index (χ1v) is 10.1. The second kappa shape index (κ2) is 8.34. The summed E-state index contributed by atoms with van der Waals surface area (Å²) >= 11 is 0. The molecule has 0 aliphatic carbocycles. The lowest BCUT2D eigenvalue weighted by atomic mass is 9.96. The Kier molecular flexibility index (Phi) is 5.71. The maximum atomic E-state index is 14.8. The normalized spacial score (nSPS) is 11.8. The Morgan fingerprint density at radius 1 is 0.625 bits per heavy atom. The molecule has 4 aromatic rings. The van der Waals surface area contributed by atoms with Crippen LogP contribution in [0.15, 0.2) is 66.7 Å². The van der Waals surface area contributed by atoms with Crippen LogP contribution in [0.2, 0.25) is 0 Å². The van der Waals surface area contributed by atoms with Crippen LogP contribution >= 0.6 is 0 Å². The molecule has 164 valence electrons. The fraction of sp³-hybridized carbons (Fsp3) is 0.154. The van der Waals surface area contributed by atoms with Crippen molar-refractivity contribution in [1.29, 1.82) is 0 Å². The Balaban J connectivity index is 1.73. The van der Waals surface area contributed by atoms with Gasteiger partial charge in [0, 0.05) is 0 Å². The van der Waals surface area contributed by atoms with E-state index in [0.29, 0.717) is 17.7 Å². The standard InChI is InChI=1S/C26H18F6/c1-2-3-15-4-5-17-11-18(7-6-16(17)10-15)20-13-23(28)25(24(29)14-20)19-8-9-21(22(27)12-19)26(30,31)32/h4-14H,2-3H2,1H3. The maximum Gasteiger partial charge on any atom is 0.419 e. The van der Waals surface area contributed by atoms with Crippen LogP contribution in [0.4, 0.5) is 26.3 Å². The number of alkyl halides is 3. The van der Waals surface area contributed by atoms with Gasteiger partial charge in [0.15, 0.2) is 0 Å². The Morgan fingerprint density at radius 3 is 1.84 bits per heavy atom. The summed E-state index contributed by atoms with van der Waals surface area (Å²) in [4.78, 5) is 0. The second-order valence-electron chi connectivity index (χ2n) is 7.65. The lowest BCUT2D eigenvalue weighted by Crippen LogP contribution is -2.08. The van der Waals surface area contributed by atoms with Gasteiger partial charge in [-0.05, 0) is 69.8 Å². The molecule has 0 amide bonds. The van der Waals surface area contributed by atoms with Gasteiger partial charge in [0.2, 0.25) is 0 Å². The van der Waals surface area contributed by atoms with Gasteiger partial charge in [-0.1, -0.05) is 49.7 Å². The summed E-state index contributed by atoms with van der Waals surface area (Å²) in [7, 11) is 0. The SMILES string of the molecule is CCCc1ccc2cc(-c3cc(F)c(-c4ccc(C(F)(F)F)c(F)c4)c(F)c3)ccc2c1. The zero-order valence-electron chi connectivity index (χ0n) is 17.0. The minimum Gasteiger partial charge on any atom is -0.206 e. The summed E-state index contributed by atoms with van der Waals surface area (Å²) in [6.07, 6.45) is -2.91. The molecule has 4 aromatic carbocycles. The first-order chi connectivity index (χ1) is 15.2. The van der Waals surface area contributed by atoms with Crippen molar-refractivity contribution in [3.63, 3.8) is 0 Å². The fourth-order valence-corrected chi connectivity index (χ4v) is 3.84. The van der Waals surface area contributed by atoms with Crippen LogP contribution in [0, 0.1) is 17.5 Å². The van der Waals surface area contributed by atoms with E-state index in [1.807, 2.05) is 24.3 Å². The molecule has 4 rings (SSSR count). The number of hydrogen-bond acceptors (Lipinski definition) is 0. The highest BCUT2D eigenvalue weighted by Crippen LogP contribution is 2.36. The van der Waals surface area contributed by atoms with Crippen molar-refractivity contribution in [2.45, 2.75) is 25.9 Å². The van der Waals surface area contributed by atoms with Crippen LogP contribution in [0.25, 0.3) is 33.0 Å². The van der Waals surface area contributed by atoms with Crippen molar-refractivity contribution in [2.75, 3.05) is 0 Å². The summed E-state index contributed by atoms with van der Waals surface area (Å²) < 4.78 is 81.8. The highest BCUT2D eigenvalue weighted by Gasteiger charge is 2.34. The first-order valence-electron chi connectivity index (χ1n) is 10.1. The highest BCUT2D eigenvalue weighted by molar-refractivity contribution is 5.88. The van der Waals surface area contributed by atoms with Crippen molar-refractivity contribution in [3.05, 3.63) is 95.3 Å². The van der Waals surface area contributed by atoms with E-state index in [9.17, 15) is 26.3 Å². The molecule has 0 bridgehead atoms. The van der Waals surface area contributed by atoms with Gasteiger partial charge in [-0.2, -0.15) is 13.2 Å². The van der Waals surface area contributed by atoms with Gasteiger partial charge >= 0.3 is 6.18 Å². The Hall–Kier alpha value is -3.28. The van der Waals surface area contributed by atoms with Gasteiger partial charge in [0.25, 0.3) is 0 Å². The van der Waals surface area contributed by atoms with Crippen molar-refractivity contribution >= 4 is 10.8 Å². The van der Waals surface area contributed by atoms with Crippen molar-refractivity contribution in [1.82, 2.24) is 0 Å². The van der Waals surface area contributed by atoms with Gasteiger partial charge in [0.1, 0.15) is 17.5 Å². The molecule has 0 saturated carbocycles. The van der Waals surface area contributed by atoms with E-state index in [0.717, 1.165) is 41.8 Å². The third kappa shape index (κ3) is 4.22. The van der Waals surface area contributed by atoms with Crippen LogP contribution in [-0.4, -0.2) is 0 Å². The molecule has 0 N–H and O–H groups in total. The molecule has 0 saturated heterocycles. The molecule has 0 nitrogen and oxygen atoms in total. The number of rotatable bonds is 4. The predicted molar refractivity (Wildman–Crippen MR) is 114 cm³/mol. The molecular formula is C26H18F6. The average molecular weight is 444 g/mol. The fourth-order valence-electron chi connectivity index (χ4n) is 3.84. The number of benzene rings is 4. The summed E-state index contributed by atoms with van der Waals surface area (Å²) in [5.41, 5.74) is -0.306. The minimum atomic E-state index is -4.89. The number of hydrogen-bond donors (Lipinski definition) is 0. The summed E-state index contributed by atoms with van der Waals surface area (Å²) in [5, 5.41) is 1.93. The number of halogens is 6. The molecular weight excluding hydrogens is 426 g/mol. The van der Waals surface area contributed by atoms with Crippen molar-refractivity contribution in [3.8, 4) is 22.3 Å². The second-order valence-corrected chi connectivity index (χ2v) is 7.65. The molecule has 32 heavy (non-hydrogen) atoms. The molecule has 6 heteroatoms. The predicted octanol–water partition coefficient (Wildman–Crippen LogP) is 8.56. The van der Waals surface area contributed by atoms with E-state index in [1.54, 1.807) is 6.07 Å². The van der Waals surface area contributed by atoms with Crippen molar-refractivity contribution in [2.24, 2.45) is 0 Å². The van der Waals surface area contributed by atoms with E-state index in [4.69, 9.17) is 0 Å². The van der Waals surface area contributed by atoms with Crippen LogP contribution in [-0.2, 0) is 12.6 Å². The van der Waals surface area contributed by atoms with Crippen LogP contribution in [0.3, 0.4) is 0 Å². The Bertz CT molecular complexity index is 1280. The molecule has 0 atom stereocenters. The zero-order chi connectivity index (χ0) is 23.0. The smallest absolute Gasteiger partial charge is 0.206 e. The number of fused-ring (bicyclic) bond motifs is 1. The molecule has 0 aliphatic rings. The van der Waals surface area contributed by atoms with Crippen LogP contribution in [0.5, 0.6) is 0 Å². The van der Waals surface area contributed by atoms with Gasteiger partial charge < -0.3 is 0 Å². The molecule has 0 radical (unpaired) electrons. The average Bonchev–Trinajstić information content (AvgIpc) is 2.72. The highest BCUT2D eigenvalue weighted by atomic mass is 19.4. The van der Waals surface area contributed by atoms with Gasteiger partial charge in [-0.15, -0.1) is 0 Å². The van der Waals surface area contributed by atoms with E-state index in [1.165, 1.54) is 5.56 Å². The topological polar surface area (TPSA) is 0 Å². The lowest BCUT2D eigenvalue weighted by molar-refractivity contribution is -0.139. The van der Waals surface area contributed by atoms with E-state index in [2.05, 4.69) is 13.0 Å². The van der Waals surface area contributed by atoms with Gasteiger partial charge in [-0.25, -0.2) is 13.2 Å². The molecule has 0 aliphatic heterocycles. The molecule has 0 fully saturated rings. The molecule has 0 spiro atoms. The van der Waals surface area contributed by atoms with Crippen LogP contribution < -0.4 is 0 Å². The minimum absolute atomic E-state index is 0.274. The molecule has 0 unspecified atom stereocenters. The largest absolute Gasteiger partial charge is 0.419 e. The first kappa shape index (κ1) is 21.9. The van der Waals surface area contributed by atoms with Crippen molar-refractivity contribution < 1.29 is 26.3 Å². The third-order valence-corrected chi connectivity index (χ3v) is 5.38. The van der Waals surface area contributed by atoms with E-state index in [-0.39, 0.29) is 11.1 Å². The van der Waals surface area contributed by atoms with E-state index < -0.39 is 34.8 Å². The van der Waals surface area contributed by atoms with Gasteiger partial charge in [-0.3, -0.25) is 0 Å². The lowest BCUT2D eigenvalue weighted by Gasteiger charge is -2.12. The third-order valence-electron chi connectivity index (χ3n) is 5.38. The zero-order valence-corrected chi connectivity index (χ0v) is 17.0. The number of aryl methyl sites for hydroxylation is 1. The molecule has 0 heterocycles. The summed E-state index contributed by atoms with van der Waals surface area (Å²) in [5.74, 6) is -3.56. The Morgan fingerprint density at radius 2 is 1.22 bits per heavy atom. The molecule has 0 aromatic heterocycles. The van der Waals surface area contributed by atoms with Crippen LogP contribution in [0.1, 0.15) is 24.5 Å². The van der Waals surface area contributed by atoms with E-state index >= 15 is 0 Å². The Labute approximate surface area is 181 Å². The maximum absolute atomic E-state index is 14.8. The van der Waals surface area contributed by atoms with Gasteiger partial charge in [0.05, 0.1) is 11.1 Å². The summed E-state index contributed by atoms with van der Waals surface area (Å²) in [6, 6.07) is 15.5.